The van der Waals surface area contributed by atoms with Gasteiger partial charge >= 0.3 is 0 Å². The number of aromatic nitrogens is 1. The molecule has 3 rings (SSSR count). The van der Waals surface area contributed by atoms with Crippen LogP contribution >= 0.6 is 11.6 Å². The van der Waals surface area contributed by atoms with Crippen molar-refractivity contribution in [3.63, 3.8) is 0 Å². The summed E-state index contributed by atoms with van der Waals surface area (Å²) in [5.74, 6) is 1.20. The predicted octanol–water partition coefficient (Wildman–Crippen LogP) is 3.72. The number of benzene rings is 2. The number of halogens is 1. The van der Waals surface area contributed by atoms with E-state index in [1.54, 1.807) is 0 Å². The van der Waals surface area contributed by atoms with Gasteiger partial charge in [-0.15, -0.1) is 11.6 Å². The van der Waals surface area contributed by atoms with Crippen LogP contribution in [0.25, 0.3) is 22.6 Å². The summed E-state index contributed by atoms with van der Waals surface area (Å²) in [4.78, 5) is 8.61. The van der Waals surface area contributed by atoms with Crippen molar-refractivity contribution in [2.45, 2.75) is 0 Å². The summed E-state index contributed by atoms with van der Waals surface area (Å²) in [6.07, 6.45) is 0. The zero-order chi connectivity index (χ0) is 13.9. The minimum Gasteiger partial charge on any atom is -0.436 e. The van der Waals surface area contributed by atoms with Gasteiger partial charge in [0.25, 0.3) is 0 Å². The molecule has 0 radical (unpaired) electrons. The lowest BCUT2D eigenvalue weighted by Gasteiger charge is -1.98. The summed E-state index contributed by atoms with van der Waals surface area (Å²) < 4.78 is 5.70. The van der Waals surface area contributed by atoms with Crippen molar-refractivity contribution in [1.29, 1.82) is 0 Å². The van der Waals surface area contributed by atoms with Gasteiger partial charge in [0.2, 0.25) is 5.89 Å². The second kappa shape index (κ2) is 5.35. The van der Waals surface area contributed by atoms with E-state index in [0.29, 0.717) is 11.7 Å². The summed E-state index contributed by atoms with van der Waals surface area (Å²) in [5.41, 5.74) is 8.86. The van der Waals surface area contributed by atoms with E-state index in [1.807, 2.05) is 48.5 Å². The molecule has 0 atom stereocenters. The number of hydrogen-bond acceptors (Lipinski definition) is 3. The molecule has 3 aromatic rings. The Balaban J connectivity index is 1.94. The van der Waals surface area contributed by atoms with Gasteiger partial charge in [-0.1, -0.05) is 12.1 Å². The van der Waals surface area contributed by atoms with Crippen molar-refractivity contribution in [3.8, 4) is 11.5 Å². The fourth-order valence-corrected chi connectivity index (χ4v) is 1.93. The molecule has 2 N–H and O–H groups in total. The lowest BCUT2D eigenvalue weighted by atomic mass is 10.2. The molecule has 0 fully saturated rings. The summed E-state index contributed by atoms with van der Waals surface area (Å²) >= 11 is 5.59. The molecule has 0 unspecified atom stereocenters. The monoisotopic (exact) mass is 285 g/mol. The number of amidine groups is 1. The van der Waals surface area contributed by atoms with Crippen molar-refractivity contribution >= 4 is 34.2 Å². The van der Waals surface area contributed by atoms with E-state index in [-0.39, 0.29) is 5.88 Å². The number of alkyl halides is 1. The number of fused-ring (bicyclic) bond motifs is 1. The molecule has 0 bridgehead atoms. The Kier molecular flexibility index (Phi) is 3.39. The van der Waals surface area contributed by atoms with Crippen molar-refractivity contribution < 1.29 is 4.42 Å². The van der Waals surface area contributed by atoms with Gasteiger partial charge in [0, 0.05) is 5.56 Å². The van der Waals surface area contributed by atoms with Crippen molar-refractivity contribution in [2.24, 2.45) is 10.7 Å². The van der Waals surface area contributed by atoms with Gasteiger partial charge in [-0.05, 0) is 36.4 Å². The van der Waals surface area contributed by atoms with E-state index in [0.717, 1.165) is 22.4 Å². The molecule has 5 heteroatoms. The molecule has 2 aromatic carbocycles. The predicted molar refractivity (Wildman–Crippen MR) is 81.4 cm³/mol. The normalized spacial score (nSPS) is 11.9. The van der Waals surface area contributed by atoms with Crippen LogP contribution in [0, 0.1) is 0 Å². The molecule has 0 amide bonds. The molecular weight excluding hydrogens is 274 g/mol. The summed E-state index contributed by atoms with van der Waals surface area (Å²) in [5, 5.41) is 0. The Bertz CT molecular complexity index is 729. The van der Waals surface area contributed by atoms with Crippen molar-refractivity contribution in [1.82, 2.24) is 4.98 Å². The average Bonchev–Trinajstić information content (AvgIpc) is 2.91. The van der Waals surface area contributed by atoms with Gasteiger partial charge in [0.1, 0.15) is 11.4 Å². The maximum Gasteiger partial charge on any atom is 0.227 e. The minimum atomic E-state index is 0.215. The maximum atomic E-state index is 5.70. The van der Waals surface area contributed by atoms with Crippen LogP contribution in [0.5, 0.6) is 0 Å². The number of nitrogens with two attached hydrogens (primary N) is 1. The molecule has 0 aliphatic rings. The van der Waals surface area contributed by atoms with Crippen LogP contribution in [0.4, 0.5) is 5.69 Å². The highest BCUT2D eigenvalue weighted by Crippen LogP contribution is 2.25. The van der Waals surface area contributed by atoms with Crippen LogP contribution in [-0.4, -0.2) is 16.7 Å². The number of para-hydroxylation sites is 2. The summed E-state index contributed by atoms with van der Waals surface area (Å²) in [7, 11) is 0. The lowest BCUT2D eigenvalue weighted by molar-refractivity contribution is 0.620. The topological polar surface area (TPSA) is 64.4 Å². The van der Waals surface area contributed by atoms with Gasteiger partial charge < -0.3 is 10.2 Å². The first kappa shape index (κ1) is 12.7. The Labute approximate surface area is 120 Å². The highest BCUT2D eigenvalue weighted by atomic mass is 35.5. The van der Waals surface area contributed by atoms with Crippen LogP contribution in [0.2, 0.25) is 0 Å². The highest BCUT2D eigenvalue weighted by molar-refractivity contribution is 6.28. The third-order valence-electron chi connectivity index (χ3n) is 2.82. The standard InChI is InChI=1S/C15H12ClN3O/c16-9-14(17)18-11-7-5-10(6-8-11)15-19-12-3-1-2-4-13(12)20-15/h1-8H,9H2,(H2,17,18). The van der Waals surface area contributed by atoms with Gasteiger partial charge in [-0.2, -0.15) is 0 Å². The summed E-state index contributed by atoms with van der Waals surface area (Å²) in [6, 6.07) is 15.2. The van der Waals surface area contributed by atoms with E-state index >= 15 is 0 Å². The van der Waals surface area contributed by atoms with E-state index < -0.39 is 0 Å². The zero-order valence-electron chi connectivity index (χ0n) is 10.6. The van der Waals surface area contributed by atoms with Crippen molar-refractivity contribution in [2.75, 3.05) is 5.88 Å². The molecular formula is C15H12ClN3O. The quantitative estimate of drug-likeness (QED) is 0.453. The zero-order valence-corrected chi connectivity index (χ0v) is 11.3. The molecule has 4 nitrogen and oxygen atoms in total. The SMILES string of the molecule is NC(CCl)=Nc1ccc(-c2nc3ccccc3o2)cc1. The summed E-state index contributed by atoms with van der Waals surface area (Å²) in [6.45, 7) is 0. The first-order valence-corrected chi connectivity index (χ1v) is 6.65. The van der Waals surface area contributed by atoms with E-state index in [2.05, 4.69) is 9.98 Å². The Morgan fingerprint density at radius 2 is 1.90 bits per heavy atom. The number of rotatable bonds is 3. The van der Waals surface area contributed by atoms with E-state index in [1.165, 1.54) is 0 Å². The number of nitrogens with zero attached hydrogens (tertiary/aromatic N) is 2. The Hall–Kier alpha value is -2.33. The third-order valence-corrected chi connectivity index (χ3v) is 3.09. The van der Waals surface area contributed by atoms with E-state index in [4.69, 9.17) is 21.8 Å². The molecule has 0 saturated heterocycles. The first-order valence-electron chi connectivity index (χ1n) is 6.11. The van der Waals surface area contributed by atoms with Gasteiger partial charge in [0.05, 0.1) is 11.6 Å². The fraction of sp³-hybridized carbons (Fsp3) is 0.0667. The molecule has 1 heterocycles. The van der Waals surface area contributed by atoms with Crippen molar-refractivity contribution in [3.05, 3.63) is 48.5 Å². The van der Waals surface area contributed by atoms with Gasteiger partial charge in [-0.3, -0.25) is 0 Å². The van der Waals surface area contributed by atoms with Crippen LogP contribution in [-0.2, 0) is 0 Å². The molecule has 100 valence electrons. The second-order valence-electron chi connectivity index (χ2n) is 4.27. The molecule has 0 saturated carbocycles. The smallest absolute Gasteiger partial charge is 0.227 e. The number of aliphatic imine (C=N–C) groups is 1. The third kappa shape index (κ3) is 2.51. The van der Waals surface area contributed by atoms with Crippen LogP contribution in [0.15, 0.2) is 57.9 Å². The first-order chi connectivity index (χ1) is 9.76. The maximum absolute atomic E-state index is 5.70. The van der Waals surface area contributed by atoms with Crippen LogP contribution in [0.3, 0.4) is 0 Å². The van der Waals surface area contributed by atoms with Crippen LogP contribution < -0.4 is 5.73 Å². The van der Waals surface area contributed by atoms with E-state index in [9.17, 15) is 0 Å². The van der Waals surface area contributed by atoms with Crippen LogP contribution in [0.1, 0.15) is 0 Å². The molecule has 0 aliphatic carbocycles. The number of hydrogen-bond donors (Lipinski definition) is 1. The lowest BCUT2D eigenvalue weighted by Crippen LogP contribution is -2.12. The average molecular weight is 286 g/mol. The largest absolute Gasteiger partial charge is 0.436 e. The van der Waals surface area contributed by atoms with Gasteiger partial charge in [0.15, 0.2) is 5.58 Å². The minimum absolute atomic E-state index is 0.215. The Morgan fingerprint density at radius 1 is 1.15 bits per heavy atom. The Morgan fingerprint density at radius 3 is 2.60 bits per heavy atom. The molecule has 1 aromatic heterocycles. The molecule has 0 aliphatic heterocycles. The second-order valence-corrected chi connectivity index (χ2v) is 4.54. The highest BCUT2D eigenvalue weighted by Gasteiger charge is 2.07. The fourth-order valence-electron chi connectivity index (χ4n) is 1.87. The molecule has 20 heavy (non-hydrogen) atoms. The van der Waals surface area contributed by atoms with Gasteiger partial charge in [-0.25, -0.2) is 9.98 Å². The molecule has 0 spiro atoms. The number of oxazole rings is 1.